The van der Waals surface area contributed by atoms with Crippen molar-refractivity contribution >= 4 is 28.5 Å². The highest BCUT2D eigenvalue weighted by Gasteiger charge is 2.24. The molecule has 0 unspecified atom stereocenters. The van der Waals surface area contributed by atoms with E-state index in [4.69, 9.17) is 0 Å². The zero-order valence-electron chi connectivity index (χ0n) is 15.0. The second-order valence-corrected chi connectivity index (χ2v) is 6.36. The summed E-state index contributed by atoms with van der Waals surface area (Å²) in [5, 5.41) is 20.7. The number of ketones is 1. The first-order valence-electron chi connectivity index (χ1n) is 8.71. The molecule has 0 saturated heterocycles. The first kappa shape index (κ1) is 19.0. The zero-order valence-corrected chi connectivity index (χ0v) is 15.0. The molecule has 140 valence electrons. The van der Waals surface area contributed by atoms with Gasteiger partial charge in [0.1, 0.15) is 0 Å². The van der Waals surface area contributed by atoms with Gasteiger partial charge in [0, 0.05) is 18.4 Å². The van der Waals surface area contributed by atoms with Gasteiger partial charge < -0.3 is 10.2 Å². The molecule has 0 atom stereocenters. The number of hydrogen-bond acceptors (Lipinski definition) is 3. The van der Waals surface area contributed by atoms with Crippen LogP contribution in [0.5, 0.6) is 0 Å². The van der Waals surface area contributed by atoms with Crippen molar-refractivity contribution < 1.29 is 24.6 Å². The molecule has 0 fully saturated rings. The Morgan fingerprint density at radius 1 is 0.679 bits per heavy atom. The van der Waals surface area contributed by atoms with Crippen LogP contribution in [0.4, 0.5) is 0 Å². The summed E-state index contributed by atoms with van der Waals surface area (Å²) in [5.74, 6) is -3.17. The fraction of sp³-hybridized carbons (Fsp3) is 0.0870. The molecule has 3 aromatic rings. The average Bonchev–Trinajstić information content (AvgIpc) is 2.70. The molecule has 3 rings (SSSR count). The third-order valence-electron chi connectivity index (χ3n) is 4.53. The van der Waals surface area contributed by atoms with E-state index in [1.165, 1.54) is 0 Å². The van der Waals surface area contributed by atoms with Crippen molar-refractivity contribution in [3.63, 3.8) is 0 Å². The topological polar surface area (TPSA) is 91.7 Å². The molecule has 0 spiro atoms. The highest BCUT2D eigenvalue weighted by atomic mass is 16.4. The Bertz CT molecular complexity index is 1080. The van der Waals surface area contributed by atoms with Gasteiger partial charge >= 0.3 is 11.9 Å². The highest BCUT2D eigenvalue weighted by Crippen LogP contribution is 2.23. The summed E-state index contributed by atoms with van der Waals surface area (Å²) in [6.45, 7) is 0. The van der Waals surface area contributed by atoms with Gasteiger partial charge in [-0.3, -0.25) is 4.79 Å². The van der Waals surface area contributed by atoms with Gasteiger partial charge in [-0.15, -0.1) is 0 Å². The van der Waals surface area contributed by atoms with Crippen LogP contribution in [0.15, 0.2) is 83.9 Å². The Kier molecular flexibility index (Phi) is 5.65. The molecule has 28 heavy (non-hydrogen) atoms. The lowest BCUT2D eigenvalue weighted by Gasteiger charge is -2.10. The normalized spacial score (nSPS) is 11.7. The molecule has 2 N–H and O–H groups in total. The van der Waals surface area contributed by atoms with E-state index in [-0.39, 0.29) is 12.0 Å². The van der Waals surface area contributed by atoms with Crippen molar-refractivity contribution in [1.82, 2.24) is 0 Å². The van der Waals surface area contributed by atoms with Crippen molar-refractivity contribution in [2.45, 2.75) is 12.8 Å². The van der Waals surface area contributed by atoms with Crippen LogP contribution in [-0.4, -0.2) is 27.9 Å². The molecule has 0 bridgehead atoms. The third-order valence-corrected chi connectivity index (χ3v) is 4.53. The monoisotopic (exact) mass is 374 g/mol. The molecule has 0 saturated carbocycles. The van der Waals surface area contributed by atoms with Crippen LogP contribution in [-0.2, 0) is 16.0 Å². The highest BCUT2D eigenvalue weighted by molar-refractivity contribution is 6.12. The summed E-state index contributed by atoms with van der Waals surface area (Å²) in [5.41, 5.74) is 0.360. The fourth-order valence-electron chi connectivity index (χ4n) is 3.15. The minimum atomic E-state index is -1.40. The molecule has 3 aromatic carbocycles. The SMILES string of the molecule is O=C(O)C(CC(=O)c1cccc2ccccc12)=C(Cc1ccccc1)C(=O)O. The van der Waals surface area contributed by atoms with Crippen molar-refractivity contribution in [2.24, 2.45) is 0 Å². The second-order valence-electron chi connectivity index (χ2n) is 6.36. The minimum absolute atomic E-state index is 0.0688. The van der Waals surface area contributed by atoms with E-state index in [2.05, 4.69) is 0 Å². The molecule has 0 amide bonds. The van der Waals surface area contributed by atoms with Crippen LogP contribution < -0.4 is 0 Å². The van der Waals surface area contributed by atoms with Crippen molar-refractivity contribution in [3.8, 4) is 0 Å². The molecular weight excluding hydrogens is 356 g/mol. The number of benzene rings is 3. The molecule has 0 aliphatic heterocycles. The van der Waals surface area contributed by atoms with Gasteiger partial charge in [0.15, 0.2) is 5.78 Å². The maximum Gasteiger partial charge on any atom is 0.332 e. The van der Waals surface area contributed by atoms with E-state index in [0.29, 0.717) is 16.5 Å². The number of hydrogen-bond donors (Lipinski definition) is 2. The Hall–Kier alpha value is -3.73. The van der Waals surface area contributed by atoms with E-state index >= 15 is 0 Å². The first-order chi connectivity index (χ1) is 13.5. The summed E-state index contributed by atoms with van der Waals surface area (Å²) < 4.78 is 0. The molecule has 0 radical (unpaired) electrons. The quantitative estimate of drug-likeness (QED) is 0.479. The Balaban J connectivity index is 2.01. The van der Waals surface area contributed by atoms with Gasteiger partial charge in [-0.05, 0) is 16.3 Å². The lowest BCUT2D eigenvalue weighted by atomic mass is 9.93. The first-order valence-corrected chi connectivity index (χ1v) is 8.71. The minimum Gasteiger partial charge on any atom is -0.478 e. The van der Waals surface area contributed by atoms with Crippen LogP contribution >= 0.6 is 0 Å². The fourth-order valence-corrected chi connectivity index (χ4v) is 3.15. The van der Waals surface area contributed by atoms with Gasteiger partial charge in [-0.2, -0.15) is 0 Å². The van der Waals surface area contributed by atoms with Gasteiger partial charge in [-0.1, -0.05) is 72.8 Å². The molecular formula is C23H18O5. The van der Waals surface area contributed by atoms with Crippen molar-refractivity contribution in [2.75, 3.05) is 0 Å². The predicted molar refractivity (Wildman–Crippen MR) is 105 cm³/mol. The summed E-state index contributed by atoms with van der Waals surface area (Å²) in [4.78, 5) is 36.4. The predicted octanol–water partition coefficient (Wildman–Crippen LogP) is 4.12. The number of carboxylic acid groups (broad SMARTS) is 2. The number of aliphatic carboxylic acids is 2. The number of rotatable bonds is 7. The zero-order chi connectivity index (χ0) is 20.1. The van der Waals surface area contributed by atoms with Gasteiger partial charge in [0.2, 0.25) is 0 Å². The number of Topliss-reactive ketones (excluding diaryl/α,β-unsaturated/α-hetero) is 1. The van der Waals surface area contributed by atoms with E-state index in [9.17, 15) is 24.6 Å². The Morgan fingerprint density at radius 2 is 1.29 bits per heavy atom. The average molecular weight is 374 g/mol. The van der Waals surface area contributed by atoms with E-state index < -0.39 is 29.7 Å². The Labute approximate surface area is 161 Å². The second kappa shape index (κ2) is 8.31. The van der Waals surface area contributed by atoms with Crippen LogP contribution in [0.2, 0.25) is 0 Å². The molecule has 0 aromatic heterocycles. The van der Waals surface area contributed by atoms with Crippen LogP contribution in [0.3, 0.4) is 0 Å². The lowest BCUT2D eigenvalue weighted by Crippen LogP contribution is -2.16. The van der Waals surface area contributed by atoms with Gasteiger partial charge in [0.25, 0.3) is 0 Å². The molecule has 0 aliphatic rings. The molecule has 0 aliphatic carbocycles. The maximum absolute atomic E-state index is 12.9. The molecule has 0 heterocycles. The number of carboxylic acids is 2. The summed E-state index contributed by atoms with van der Waals surface area (Å²) in [7, 11) is 0. The standard InChI is InChI=1S/C23H18O5/c24-21(18-12-6-10-16-9-4-5-11-17(16)18)14-20(23(27)28)19(22(25)26)13-15-7-2-1-3-8-15/h1-12H,13-14H2,(H,25,26)(H,27,28). The van der Waals surface area contributed by atoms with Crippen LogP contribution in [0, 0.1) is 0 Å². The van der Waals surface area contributed by atoms with E-state index in [0.717, 1.165) is 5.39 Å². The third kappa shape index (κ3) is 4.15. The summed E-state index contributed by atoms with van der Waals surface area (Å²) in [6, 6.07) is 21.2. The van der Waals surface area contributed by atoms with Gasteiger partial charge in [0.05, 0.1) is 11.1 Å². The Morgan fingerprint density at radius 3 is 1.96 bits per heavy atom. The van der Waals surface area contributed by atoms with Crippen molar-refractivity contribution in [1.29, 1.82) is 0 Å². The number of fused-ring (bicyclic) bond motifs is 1. The molecule has 5 nitrogen and oxygen atoms in total. The number of carbonyl (C=O) groups excluding carboxylic acids is 1. The van der Waals surface area contributed by atoms with Crippen molar-refractivity contribution in [3.05, 3.63) is 95.1 Å². The molecule has 5 heteroatoms. The largest absolute Gasteiger partial charge is 0.478 e. The number of carbonyl (C=O) groups is 3. The summed E-state index contributed by atoms with van der Waals surface area (Å²) in [6.07, 6.45) is -0.557. The van der Waals surface area contributed by atoms with Crippen LogP contribution in [0.1, 0.15) is 22.3 Å². The lowest BCUT2D eigenvalue weighted by molar-refractivity contribution is -0.136. The van der Waals surface area contributed by atoms with Crippen LogP contribution in [0.25, 0.3) is 10.8 Å². The van der Waals surface area contributed by atoms with E-state index in [1.807, 2.05) is 18.2 Å². The van der Waals surface area contributed by atoms with Gasteiger partial charge in [-0.25, -0.2) is 9.59 Å². The van der Waals surface area contributed by atoms with E-state index in [1.54, 1.807) is 54.6 Å². The smallest absolute Gasteiger partial charge is 0.332 e. The maximum atomic E-state index is 12.9. The summed E-state index contributed by atoms with van der Waals surface area (Å²) >= 11 is 0.